The standard InChI is InChI=1S/C13H17NO2/c15-13(14-10-4-5-11-16-14)9-8-12-6-2-1-3-7-12/h1-3,6-7H,4-5,8-11H2. The molecular weight excluding hydrogens is 202 g/mol. The maximum Gasteiger partial charge on any atom is 0.246 e. The minimum Gasteiger partial charge on any atom is -0.273 e. The molecule has 16 heavy (non-hydrogen) atoms. The van der Waals surface area contributed by atoms with Crippen LogP contribution in [-0.4, -0.2) is 24.1 Å². The zero-order valence-corrected chi connectivity index (χ0v) is 9.39. The van der Waals surface area contributed by atoms with Gasteiger partial charge in [0.05, 0.1) is 6.61 Å². The van der Waals surface area contributed by atoms with Crippen LogP contribution in [0.25, 0.3) is 0 Å². The summed E-state index contributed by atoms with van der Waals surface area (Å²) in [6, 6.07) is 10.1. The van der Waals surface area contributed by atoms with Gasteiger partial charge in [-0.05, 0) is 24.8 Å². The van der Waals surface area contributed by atoms with E-state index in [1.807, 2.05) is 30.3 Å². The van der Waals surface area contributed by atoms with Gasteiger partial charge in [-0.2, -0.15) is 0 Å². The second kappa shape index (κ2) is 5.66. The molecular formula is C13H17NO2. The van der Waals surface area contributed by atoms with Crippen LogP contribution in [0.3, 0.4) is 0 Å². The predicted molar refractivity (Wildman–Crippen MR) is 61.7 cm³/mol. The van der Waals surface area contributed by atoms with Crippen LogP contribution in [0, 0.1) is 0 Å². The van der Waals surface area contributed by atoms with E-state index in [2.05, 4.69) is 0 Å². The fourth-order valence-electron chi connectivity index (χ4n) is 1.81. The van der Waals surface area contributed by atoms with Gasteiger partial charge in [-0.15, -0.1) is 0 Å². The number of aryl methyl sites for hydroxylation is 1. The summed E-state index contributed by atoms with van der Waals surface area (Å²) in [5.41, 5.74) is 1.20. The lowest BCUT2D eigenvalue weighted by Crippen LogP contribution is -2.35. The highest BCUT2D eigenvalue weighted by Gasteiger charge is 2.16. The highest BCUT2D eigenvalue weighted by Crippen LogP contribution is 2.09. The Morgan fingerprint density at radius 1 is 1.25 bits per heavy atom. The molecule has 0 aromatic heterocycles. The number of amides is 1. The van der Waals surface area contributed by atoms with Crippen LogP contribution in [0.1, 0.15) is 24.8 Å². The van der Waals surface area contributed by atoms with Gasteiger partial charge in [0, 0.05) is 13.0 Å². The molecule has 3 heteroatoms. The van der Waals surface area contributed by atoms with Gasteiger partial charge in [0.1, 0.15) is 0 Å². The van der Waals surface area contributed by atoms with Crippen LogP contribution < -0.4 is 0 Å². The Morgan fingerprint density at radius 2 is 2.06 bits per heavy atom. The third-order valence-corrected chi connectivity index (χ3v) is 2.75. The molecule has 0 saturated carbocycles. The van der Waals surface area contributed by atoms with E-state index in [1.165, 1.54) is 10.6 Å². The van der Waals surface area contributed by atoms with Crippen molar-refractivity contribution in [3.63, 3.8) is 0 Å². The quantitative estimate of drug-likeness (QED) is 0.779. The van der Waals surface area contributed by atoms with Crippen molar-refractivity contribution in [2.75, 3.05) is 13.2 Å². The Hall–Kier alpha value is -1.35. The van der Waals surface area contributed by atoms with Gasteiger partial charge in [-0.25, -0.2) is 5.06 Å². The summed E-state index contributed by atoms with van der Waals surface area (Å²) in [6.07, 6.45) is 3.43. The molecule has 1 amide bonds. The Balaban J connectivity index is 1.79. The van der Waals surface area contributed by atoms with Crippen molar-refractivity contribution in [1.82, 2.24) is 5.06 Å². The van der Waals surface area contributed by atoms with Crippen molar-refractivity contribution in [2.45, 2.75) is 25.7 Å². The van der Waals surface area contributed by atoms with Crippen LogP contribution in [0.2, 0.25) is 0 Å². The molecule has 1 saturated heterocycles. The van der Waals surface area contributed by atoms with Gasteiger partial charge in [0.25, 0.3) is 0 Å². The number of nitrogens with zero attached hydrogens (tertiary/aromatic N) is 1. The van der Waals surface area contributed by atoms with Crippen molar-refractivity contribution < 1.29 is 9.63 Å². The zero-order chi connectivity index (χ0) is 11.2. The number of carbonyl (C=O) groups excluding carboxylic acids is 1. The van der Waals surface area contributed by atoms with Crippen LogP contribution in [0.15, 0.2) is 30.3 Å². The third kappa shape index (κ3) is 3.07. The smallest absolute Gasteiger partial charge is 0.246 e. The first kappa shape index (κ1) is 11.1. The van der Waals surface area contributed by atoms with Gasteiger partial charge in [-0.3, -0.25) is 9.63 Å². The summed E-state index contributed by atoms with van der Waals surface area (Å²) in [5.74, 6) is 0.101. The molecule has 1 fully saturated rings. The van der Waals surface area contributed by atoms with Crippen molar-refractivity contribution in [3.05, 3.63) is 35.9 Å². The maximum atomic E-state index is 11.8. The average Bonchev–Trinajstić information content (AvgIpc) is 2.38. The Labute approximate surface area is 96.0 Å². The summed E-state index contributed by atoms with van der Waals surface area (Å²) in [4.78, 5) is 17.1. The molecule has 1 aromatic carbocycles. The lowest BCUT2D eigenvalue weighted by molar-refractivity contribution is -0.197. The van der Waals surface area contributed by atoms with Crippen LogP contribution in [0.5, 0.6) is 0 Å². The zero-order valence-electron chi connectivity index (χ0n) is 9.39. The molecule has 1 heterocycles. The first-order valence-electron chi connectivity index (χ1n) is 5.83. The highest BCUT2D eigenvalue weighted by molar-refractivity contribution is 5.75. The molecule has 0 unspecified atom stereocenters. The van der Waals surface area contributed by atoms with Crippen molar-refractivity contribution >= 4 is 5.91 Å². The minimum absolute atomic E-state index is 0.101. The molecule has 0 radical (unpaired) electrons. The van der Waals surface area contributed by atoms with Gasteiger partial charge in [-0.1, -0.05) is 30.3 Å². The normalized spacial score (nSPS) is 16.1. The first-order valence-corrected chi connectivity index (χ1v) is 5.83. The summed E-state index contributed by atoms with van der Waals surface area (Å²) in [6.45, 7) is 1.42. The molecule has 3 nitrogen and oxygen atoms in total. The first-order chi connectivity index (χ1) is 7.86. The highest BCUT2D eigenvalue weighted by atomic mass is 16.7. The average molecular weight is 219 g/mol. The molecule has 0 N–H and O–H groups in total. The molecule has 86 valence electrons. The Morgan fingerprint density at radius 3 is 2.75 bits per heavy atom. The molecule has 1 aliphatic rings. The van der Waals surface area contributed by atoms with E-state index in [9.17, 15) is 4.79 Å². The fourth-order valence-corrected chi connectivity index (χ4v) is 1.81. The van der Waals surface area contributed by atoms with E-state index in [0.29, 0.717) is 13.0 Å². The molecule has 2 rings (SSSR count). The molecule has 0 aliphatic carbocycles. The van der Waals surface area contributed by atoms with E-state index in [0.717, 1.165) is 25.8 Å². The van der Waals surface area contributed by atoms with Gasteiger partial charge in [0.2, 0.25) is 5.91 Å². The number of hydrogen-bond acceptors (Lipinski definition) is 2. The lowest BCUT2D eigenvalue weighted by Gasteiger charge is -2.25. The Bertz CT molecular complexity index is 331. The van der Waals surface area contributed by atoms with Gasteiger partial charge < -0.3 is 0 Å². The number of benzene rings is 1. The van der Waals surface area contributed by atoms with Gasteiger partial charge in [0.15, 0.2) is 0 Å². The number of rotatable bonds is 3. The maximum absolute atomic E-state index is 11.8. The van der Waals surface area contributed by atoms with E-state index in [4.69, 9.17) is 4.84 Å². The van der Waals surface area contributed by atoms with Crippen molar-refractivity contribution in [2.24, 2.45) is 0 Å². The summed E-state index contributed by atoms with van der Waals surface area (Å²) in [7, 11) is 0. The van der Waals surface area contributed by atoms with E-state index < -0.39 is 0 Å². The largest absolute Gasteiger partial charge is 0.273 e. The Kier molecular flexibility index (Phi) is 3.94. The van der Waals surface area contributed by atoms with Crippen LogP contribution in [0.4, 0.5) is 0 Å². The molecule has 0 atom stereocenters. The monoisotopic (exact) mass is 219 g/mol. The molecule has 0 bridgehead atoms. The second-order valence-corrected chi connectivity index (χ2v) is 4.02. The molecule has 1 aliphatic heterocycles. The van der Waals surface area contributed by atoms with E-state index in [1.54, 1.807) is 0 Å². The van der Waals surface area contributed by atoms with E-state index >= 15 is 0 Å². The molecule has 1 aromatic rings. The van der Waals surface area contributed by atoms with Crippen LogP contribution in [-0.2, 0) is 16.1 Å². The van der Waals surface area contributed by atoms with Crippen LogP contribution >= 0.6 is 0 Å². The topological polar surface area (TPSA) is 29.5 Å². The minimum atomic E-state index is 0.101. The SMILES string of the molecule is O=C(CCc1ccccc1)N1CCCCO1. The second-order valence-electron chi connectivity index (χ2n) is 4.02. The summed E-state index contributed by atoms with van der Waals surface area (Å²) >= 11 is 0. The number of hydrogen-bond donors (Lipinski definition) is 0. The summed E-state index contributed by atoms with van der Waals surface area (Å²) < 4.78 is 0. The predicted octanol–water partition coefficient (Wildman–Crippen LogP) is 2.17. The summed E-state index contributed by atoms with van der Waals surface area (Å²) in [5, 5.41) is 1.52. The number of carbonyl (C=O) groups is 1. The third-order valence-electron chi connectivity index (χ3n) is 2.75. The van der Waals surface area contributed by atoms with Crippen molar-refractivity contribution in [1.29, 1.82) is 0 Å². The number of hydroxylamine groups is 2. The van der Waals surface area contributed by atoms with Crippen molar-refractivity contribution in [3.8, 4) is 0 Å². The van der Waals surface area contributed by atoms with E-state index in [-0.39, 0.29) is 5.91 Å². The lowest BCUT2D eigenvalue weighted by atomic mass is 10.1. The fraction of sp³-hybridized carbons (Fsp3) is 0.462. The van der Waals surface area contributed by atoms with Gasteiger partial charge >= 0.3 is 0 Å². The molecule has 0 spiro atoms.